The number of benzene rings is 1. The molecule has 0 aliphatic carbocycles. The lowest BCUT2D eigenvalue weighted by Gasteiger charge is -2.08. The van der Waals surface area contributed by atoms with E-state index in [2.05, 4.69) is 10.6 Å². The molecule has 0 atom stereocenters. The Balaban J connectivity index is 2.02. The van der Waals surface area contributed by atoms with Gasteiger partial charge in [0, 0.05) is 30.4 Å². The monoisotopic (exact) mass is 244 g/mol. The second kappa shape index (κ2) is 5.40. The minimum Gasteiger partial charge on any atom is -0.472 e. The fourth-order valence-electron chi connectivity index (χ4n) is 1.76. The van der Waals surface area contributed by atoms with E-state index in [-0.39, 0.29) is 5.91 Å². The van der Waals surface area contributed by atoms with E-state index >= 15 is 0 Å². The molecule has 0 bridgehead atoms. The van der Waals surface area contributed by atoms with Crippen molar-refractivity contribution in [2.75, 3.05) is 12.4 Å². The van der Waals surface area contributed by atoms with E-state index in [0.29, 0.717) is 12.1 Å². The number of anilines is 1. The Hall–Kier alpha value is -2.23. The van der Waals surface area contributed by atoms with Gasteiger partial charge in [-0.3, -0.25) is 4.79 Å². The van der Waals surface area contributed by atoms with Gasteiger partial charge in [0.25, 0.3) is 5.91 Å². The zero-order valence-electron chi connectivity index (χ0n) is 10.5. The molecule has 94 valence electrons. The largest absolute Gasteiger partial charge is 0.472 e. The normalized spacial score (nSPS) is 10.1. The van der Waals surface area contributed by atoms with Crippen LogP contribution >= 0.6 is 0 Å². The molecule has 1 heterocycles. The van der Waals surface area contributed by atoms with Gasteiger partial charge in [-0.15, -0.1) is 0 Å². The van der Waals surface area contributed by atoms with Gasteiger partial charge in [0.2, 0.25) is 0 Å². The highest BCUT2D eigenvalue weighted by atomic mass is 16.3. The summed E-state index contributed by atoms with van der Waals surface area (Å²) in [6.45, 7) is 2.45. The summed E-state index contributed by atoms with van der Waals surface area (Å²) in [4.78, 5) is 11.9. The van der Waals surface area contributed by atoms with Gasteiger partial charge < -0.3 is 15.1 Å². The standard InChI is InChI=1S/C14H16N2O2/c1-10-7-12(3-4-13(10)15-2)14(17)16-8-11-5-6-18-9-11/h3-7,9,15H,8H2,1-2H3,(H,16,17). The molecule has 1 aromatic heterocycles. The van der Waals surface area contributed by atoms with Crippen LogP contribution in [0.25, 0.3) is 0 Å². The van der Waals surface area contributed by atoms with Crippen molar-refractivity contribution < 1.29 is 9.21 Å². The van der Waals surface area contributed by atoms with E-state index < -0.39 is 0 Å². The van der Waals surface area contributed by atoms with Gasteiger partial charge in [-0.1, -0.05) is 0 Å². The van der Waals surface area contributed by atoms with Crippen LogP contribution in [0.5, 0.6) is 0 Å². The van der Waals surface area contributed by atoms with Crippen molar-refractivity contribution in [3.05, 3.63) is 53.5 Å². The molecule has 0 saturated carbocycles. The molecular formula is C14H16N2O2. The summed E-state index contributed by atoms with van der Waals surface area (Å²) in [6, 6.07) is 7.41. The topological polar surface area (TPSA) is 54.3 Å². The summed E-state index contributed by atoms with van der Waals surface area (Å²) in [7, 11) is 1.86. The van der Waals surface area contributed by atoms with E-state index in [0.717, 1.165) is 16.8 Å². The predicted octanol–water partition coefficient (Wildman–Crippen LogP) is 2.56. The van der Waals surface area contributed by atoms with Crippen LogP contribution in [0.3, 0.4) is 0 Å². The van der Waals surface area contributed by atoms with Crippen molar-refractivity contribution in [2.24, 2.45) is 0 Å². The second-order valence-electron chi connectivity index (χ2n) is 4.09. The third-order valence-electron chi connectivity index (χ3n) is 2.79. The highest BCUT2D eigenvalue weighted by molar-refractivity contribution is 5.94. The van der Waals surface area contributed by atoms with Crippen LogP contribution < -0.4 is 10.6 Å². The molecule has 0 saturated heterocycles. The van der Waals surface area contributed by atoms with Crippen molar-refractivity contribution in [1.82, 2.24) is 5.32 Å². The first-order valence-electron chi connectivity index (χ1n) is 5.78. The third-order valence-corrected chi connectivity index (χ3v) is 2.79. The van der Waals surface area contributed by atoms with Crippen molar-refractivity contribution in [3.8, 4) is 0 Å². The number of amides is 1. The summed E-state index contributed by atoms with van der Waals surface area (Å²) < 4.78 is 4.94. The first-order chi connectivity index (χ1) is 8.70. The Morgan fingerprint density at radius 2 is 2.17 bits per heavy atom. The highest BCUT2D eigenvalue weighted by Crippen LogP contribution is 2.15. The summed E-state index contributed by atoms with van der Waals surface area (Å²) in [5.74, 6) is -0.0815. The molecule has 1 amide bonds. The number of hydrogen-bond donors (Lipinski definition) is 2. The molecule has 2 N–H and O–H groups in total. The van der Waals surface area contributed by atoms with E-state index in [1.807, 2.05) is 38.2 Å². The average molecular weight is 244 g/mol. The maximum absolute atomic E-state index is 11.9. The Bertz CT molecular complexity index is 533. The Morgan fingerprint density at radius 3 is 2.78 bits per heavy atom. The van der Waals surface area contributed by atoms with Crippen LogP contribution in [0.2, 0.25) is 0 Å². The molecule has 2 aromatic rings. The summed E-state index contributed by atoms with van der Waals surface area (Å²) in [5, 5.41) is 5.92. The zero-order chi connectivity index (χ0) is 13.0. The minimum absolute atomic E-state index is 0.0815. The summed E-state index contributed by atoms with van der Waals surface area (Å²) in [6.07, 6.45) is 3.21. The number of furan rings is 1. The van der Waals surface area contributed by atoms with Gasteiger partial charge in [0.05, 0.1) is 12.5 Å². The van der Waals surface area contributed by atoms with Crippen molar-refractivity contribution in [3.63, 3.8) is 0 Å². The van der Waals surface area contributed by atoms with Crippen LogP contribution in [0, 0.1) is 6.92 Å². The van der Waals surface area contributed by atoms with Gasteiger partial charge in [-0.25, -0.2) is 0 Å². The fraction of sp³-hybridized carbons (Fsp3) is 0.214. The summed E-state index contributed by atoms with van der Waals surface area (Å²) >= 11 is 0. The molecule has 0 spiro atoms. The molecule has 18 heavy (non-hydrogen) atoms. The lowest BCUT2D eigenvalue weighted by atomic mass is 10.1. The Kier molecular flexibility index (Phi) is 3.67. The molecular weight excluding hydrogens is 228 g/mol. The van der Waals surface area contributed by atoms with E-state index in [1.165, 1.54) is 0 Å². The van der Waals surface area contributed by atoms with Crippen molar-refractivity contribution in [1.29, 1.82) is 0 Å². The average Bonchev–Trinajstić information content (AvgIpc) is 2.89. The van der Waals surface area contributed by atoms with Crippen LogP contribution in [-0.2, 0) is 6.54 Å². The third kappa shape index (κ3) is 2.71. The quantitative estimate of drug-likeness (QED) is 0.869. The van der Waals surface area contributed by atoms with Gasteiger partial charge in [0.1, 0.15) is 0 Å². The molecule has 0 radical (unpaired) electrons. The maximum atomic E-state index is 11.9. The van der Waals surface area contributed by atoms with Crippen molar-refractivity contribution in [2.45, 2.75) is 13.5 Å². The van der Waals surface area contributed by atoms with E-state index in [1.54, 1.807) is 12.5 Å². The van der Waals surface area contributed by atoms with Gasteiger partial charge in [-0.2, -0.15) is 0 Å². The SMILES string of the molecule is CNc1ccc(C(=O)NCc2ccoc2)cc1C. The number of aryl methyl sites for hydroxylation is 1. The molecule has 0 aliphatic rings. The molecule has 1 aromatic carbocycles. The van der Waals surface area contributed by atoms with Gasteiger partial charge >= 0.3 is 0 Å². The Morgan fingerprint density at radius 1 is 1.33 bits per heavy atom. The first kappa shape index (κ1) is 12.2. The van der Waals surface area contributed by atoms with Gasteiger partial charge in [-0.05, 0) is 36.8 Å². The number of hydrogen-bond acceptors (Lipinski definition) is 3. The van der Waals surface area contributed by atoms with Crippen molar-refractivity contribution >= 4 is 11.6 Å². The molecule has 4 nitrogen and oxygen atoms in total. The molecule has 0 unspecified atom stereocenters. The maximum Gasteiger partial charge on any atom is 0.251 e. The Labute approximate surface area is 106 Å². The lowest BCUT2D eigenvalue weighted by Crippen LogP contribution is -2.22. The molecule has 0 aliphatic heterocycles. The second-order valence-corrected chi connectivity index (χ2v) is 4.09. The van der Waals surface area contributed by atoms with Crippen LogP contribution in [0.4, 0.5) is 5.69 Å². The number of rotatable bonds is 4. The van der Waals surface area contributed by atoms with Gasteiger partial charge in [0.15, 0.2) is 0 Å². The van der Waals surface area contributed by atoms with Crippen LogP contribution in [0.1, 0.15) is 21.5 Å². The minimum atomic E-state index is -0.0815. The lowest BCUT2D eigenvalue weighted by molar-refractivity contribution is 0.0951. The molecule has 4 heteroatoms. The van der Waals surface area contributed by atoms with Crippen LogP contribution in [-0.4, -0.2) is 13.0 Å². The predicted molar refractivity (Wildman–Crippen MR) is 70.6 cm³/mol. The highest BCUT2D eigenvalue weighted by Gasteiger charge is 2.07. The smallest absolute Gasteiger partial charge is 0.251 e. The zero-order valence-corrected chi connectivity index (χ0v) is 10.5. The summed E-state index contributed by atoms with van der Waals surface area (Å²) in [5.41, 5.74) is 3.69. The van der Waals surface area contributed by atoms with E-state index in [9.17, 15) is 4.79 Å². The molecule has 2 rings (SSSR count). The number of nitrogens with one attached hydrogen (secondary N) is 2. The van der Waals surface area contributed by atoms with E-state index in [4.69, 9.17) is 4.42 Å². The number of carbonyl (C=O) groups is 1. The van der Waals surface area contributed by atoms with Crippen LogP contribution in [0.15, 0.2) is 41.2 Å². The number of carbonyl (C=O) groups excluding carboxylic acids is 1. The molecule has 0 fully saturated rings. The fourth-order valence-corrected chi connectivity index (χ4v) is 1.76. The first-order valence-corrected chi connectivity index (χ1v) is 5.78.